The van der Waals surface area contributed by atoms with E-state index in [0.717, 1.165) is 22.4 Å². The Hall–Kier alpha value is -2.29. The maximum absolute atomic E-state index is 12.7. The molecule has 0 radical (unpaired) electrons. The molecule has 3 nitrogen and oxygen atoms in total. The van der Waals surface area contributed by atoms with Crippen LogP contribution in [0.15, 0.2) is 42.5 Å². The predicted molar refractivity (Wildman–Crippen MR) is 117 cm³/mol. The van der Waals surface area contributed by atoms with Gasteiger partial charge in [0.15, 0.2) is 6.10 Å². The summed E-state index contributed by atoms with van der Waals surface area (Å²) >= 11 is 0. The smallest absolute Gasteiger partial charge is 0.261 e. The van der Waals surface area contributed by atoms with Gasteiger partial charge in [0.25, 0.3) is 5.91 Å². The molecule has 0 aliphatic carbocycles. The van der Waals surface area contributed by atoms with Crippen molar-refractivity contribution in [2.45, 2.75) is 78.9 Å². The Morgan fingerprint density at radius 2 is 1.57 bits per heavy atom. The van der Waals surface area contributed by atoms with Crippen LogP contribution in [-0.4, -0.2) is 12.0 Å². The lowest BCUT2D eigenvalue weighted by atomic mass is 9.86. The second kappa shape index (κ2) is 8.81. The predicted octanol–water partition coefficient (Wildman–Crippen LogP) is 6.06. The van der Waals surface area contributed by atoms with Crippen molar-refractivity contribution in [2.75, 3.05) is 0 Å². The van der Waals surface area contributed by atoms with Gasteiger partial charge in [0, 0.05) is 0 Å². The zero-order valence-corrected chi connectivity index (χ0v) is 18.6. The Bertz CT molecular complexity index is 800. The van der Waals surface area contributed by atoms with Gasteiger partial charge in [-0.1, -0.05) is 71.0 Å². The lowest BCUT2D eigenvalue weighted by Gasteiger charge is -2.23. The zero-order valence-electron chi connectivity index (χ0n) is 18.6. The third kappa shape index (κ3) is 5.60. The van der Waals surface area contributed by atoms with Crippen molar-refractivity contribution in [3.63, 3.8) is 0 Å². The minimum atomic E-state index is -0.560. The van der Waals surface area contributed by atoms with Gasteiger partial charge < -0.3 is 10.1 Å². The first-order valence-electron chi connectivity index (χ1n) is 10.2. The SMILES string of the molecule is Cc1ccc(C(C)C)c(O[C@H](C)C(=O)N[C@@H](C)c2ccc(C(C)(C)C)cc2)c1. The summed E-state index contributed by atoms with van der Waals surface area (Å²) in [5.41, 5.74) is 4.74. The van der Waals surface area contributed by atoms with Crippen LogP contribution in [0, 0.1) is 6.92 Å². The summed E-state index contributed by atoms with van der Waals surface area (Å²) in [5, 5.41) is 3.07. The molecule has 2 aromatic rings. The zero-order chi connectivity index (χ0) is 21.1. The molecule has 0 aliphatic rings. The fourth-order valence-electron chi connectivity index (χ4n) is 3.15. The van der Waals surface area contributed by atoms with Crippen LogP contribution in [0.4, 0.5) is 0 Å². The average molecular weight is 382 g/mol. The number of rotatable bonds is 6. The quantitative estimate of drug-likeness (QED) is 0.660. The second-order valence-corrected chi connectivity index (χ2v) is 9.06. The van der Waals surface area contributed by atoms with Crippen LogP contribution in [0.25, 0.3) is 0 Å². The van der Waals surface area contributed by atoms with E-state index in [1.807, 2.05) is 19.9 Å². The number of amides is 1. The number of nitrogens with one attached hydrogen (secondary N) is 1. The summed E-state index contributed by atoms with van der Waals surface area (Å²) in [4.78, 5) is 12.7. The second-order valence-electron chi connectivity index (χ2n) is 9.06. The fourth-order valence-corrected chi connectivity index (χ4v) is 3.15. The highest BCUT2D eigenvalue weighted by Gasteiger charge is 2.20. The van der Waals surface area contributed by atoms with Gasteiger partial charge in [-0.25, -0.2) is 0 Å². The Balaban J connectivity index is 2.05. The van der Waals surface area contributed by atoms with E-state index in [2.05, 4.69) is 76.3 Å². The van der Waals surface area contributed by atoms with Crippen molar-refractivity contribution < 1.29 is 9.53 Å². The maximum Gasteiger partial charge on any atom is 0.261 e. The molecule has 152 valence electrons. The maximum atomic E-state index is 12.7. The summed E-state index contributed by atoms with van der Waals surface area (Å²) in [6, 6.07) is 14.6. The molecular weight excluding hydrogens is 346 g/mol. The van der Waals surface area contributed by atoms with Gasteiger partial charge in [0.05, 0.1) is 6.04 Å². The number of hydrogen-bond donors (Lipinski definition) is 1. The van der Waals surface area contributed by atoms with E-state index in [0.29, 0.717) is 5.92 Å². The van der Waals surface area contributed by atoms with Crippen molar-refractivity contribution >= 4 is 5.91 Å². The number of ether oxygens (including phenoxy) is 1. The highest BCUT2D eigenvalue weighted by molar-refractivity contribution is 5.81. The molecule has 0 aliphatic heterocycles. The number of benzene rings is 2. The van der Waals surface area contributed by atoms with Gasteiger partial charge in [-0.15, -0.1) is 0 Å². The van der Waals surface area contributed by atoms with Crippen molar-refractivity contribution in [3.05, 3.63) is 64.7 Å². The summed E-state index contributed by atoms with van der Waals surface area (Å²) in [7, 11) is 0. The van der Waals surface area contributed by atoms with E-state index in [-0.39, 0.29) is 17.4 Å². The van der Waals surface area contributed by atoms with E-state index >= 15 is 0 Å². The molecule has 0 spiro atoms. The minimum Gasteiger partial charge on any atom is -0.481 e. The van der Waals surface area contributed by atoms with Crippen molar-refractivity contribution in [2.24, 2.45) is 0 Å². The molecule has 3 heteroatoms. The first kappa shape index (κ1) is 22.0. The molecule has 28 heavy (non-hydrogen) atoms. The molecule has 0 saturated carbocycles. The van der Waals surface area contributed by atoms with E-state index in [9.17, 15) is 4.79 Å². The fraction of sp³-hybridized carbons (Fsp3) is 0.480. The summed E-state index contributed by atoms with van der Waals surface area (Å²) in [6.07, 6.45) is -0.560. The largest absolute Gasteiger partial charge is 0.481 e. The molecule has 1 amide bonds. The molecule has 2 rings (SSSR count). The number of carbonyl (C=O) groups excluding carboxylic acids is 1. The van der Waals surface area contributed by atoms with E-state index in [1.54, 1.807) is 6.92 Å². The van der Waals surface area contributed by atoms with Gasteiger partial charge >= 0.3 is 0 Å². The Labute approximate surface area is 170 Å². The first-order valence-corrected chi connectivity index (χ1v) is 10.2. The lowest BCUT2D eigenvalue weighted by molar-refractivity contribution is -0.127. The molecule has 2 atom stereocenters. The Kier molecular flexibility index (Phi) is 6.92. The summed E-state index contributed by atoms with van der Waals surface area (Å²) < 4.78 is 6.04. The van der Waals surface area contributed by atoms with Crippen LogP contribution >= 0.6 is 0 Å². The van der Waals surface area contributed by atoms with Gasteiger partial charge in [-0.05, 0) is 60.4 Å². The normalized spacial score (nSPS) is 13.9. The standard InChI is InChI=1S/C25H35NO2/c1-16(2)22-14-9-17(3)15-23(22)28-19(5)24(27)26-18(4)20-10-12-21(13-11-20)25(6,7)8/h9-16,18-19H,1-8H3,(H,26,27)/t18-,19+/m0/s1. The van der Waals surface area contributed by atoms with Gasteiger partial charge in [0.1, 0.15) is 5.75 Å². The number of carbonyl (C=O) groups is 1. The van der Waals surface area contributed by atoms with E-state index in [1.165, 1.54) is 5.56 Å². The lowest BCUT2D eigenvalue weighted by Crippen LogP contribution is -2.38. The molecule has 0 fully saturated rings. The summed E-state index contributed by atoms with van der Waals surface area (Å²) in [5.74, 6) is 1.02. The molecule has 0 bridgehead atoms. The molecule has 2 aromatic carbocycles. The van der Waals surface area contributed by atoms with E-state index < -0.39 is 6.10 Å². The molecule has 0 saturated heterocycles. The van der Waals surface area contributed by atoms with Crippen LogP contribution in [0.2, 0.25) is 0 Å². The minimum absolute atomic E-state index is 0.0744. The van der Waals surface area contributed by atoms with Crippen LogP contribution in [0.1, 0.15) is 82.7 Å². The van der Waals surface area contributed by atoms with E-state index in [4.69, 9.17) is 4.74 Å². The molecule has 0 aromatic heterocycles. The molecular formula is C25H35NO2. The monoisotopic (exact) mass is 381 g/mol. The molecule has 0 heterocycles. The Morgan fingerprint density at radius 1 is 0.964 bits per heavy atom. The van der Waals surface area contributed by atoms with Crippen molar-refractivity contribution in [3.8, 4) is 5.75 Å². The van der Waals surface area contributed by atoms with Crippen molar-refractivity contribution in [1.82, 2.24) is 5.32 Å². The Morgan fingerprint density at radius 3 is 2.11 bits per heavy atom. The average Bonchev–Trinajstić information content (AvgIpc) is 2.60. The molecule has 0 unspecified atom stereocenters. The topological polar surface area (TPSA) is 38.3 Å². The first-order chi connectivity index (χ1) is 13.0. The number of aryl methyl sites for hydroxylation is 1. The molecule has 1 N–H and O–H groups in total. The van der Waals surface area contributed by atoms with Gasteiger partial charge in [-0.2, -0.15) is 0 Å². The highest BCUT2D eigenvalue weighted by atomic mass is 16.5. The highest BCUT2D eigenvalue weighted by Crippen LogP contribution is 2.28. The third-order valence-electron chi connectivity index (χ3n) is 5.10. The van der Waals surface area contributed by atoms with Crippen LogP contribution in [0.5, 0.6) is 5.75 Å². The third-order valence-corrected chi connectivity index (χ3v) is 5.10. The van der Waals surface area contributed by atoms with Crippen LogP contribution in [-0.2, 0) is 10.2 Å². The van der Waals surface area contributed by atoms with Crippen LogP contribution < -0.4 is 10.1 Å². The van der Waals surface area contributed by atoms with Crippen molar-refractivity contribution in [1.29, 1.82) is 0 Å². The summed E-state index contributed by atoms with van der Waals surface area (Å²) in [6.45, 7) is 16.7. The van der Waals surface area contributed by atoms with Crippen LogP contribution in [0.3, 0.4) is 0 Å². The van der Waals surface area contributed by atoms with Gasteiger partial charge in [0.2, 0.25) is 0 Å². The number of hydrogen-bond acceptors (Lipinski definition) is 2. The van der Waals surface area contributed by atoms with Gasteiger partial charge in [-0.3, -0.25) is 4.79 Å².